The molecule has 0 saturated carbocycles. The predicted octanol–water partition coefficient (Wildman–Crippen LogP) is 3.10. The molecule has 7 nitrogen and oxygen atoms in total. The molecular weight excluding hydrogens is 435 g/mol. The molecule has 32 heavy (non-hydrogen) atoms. The number of aliphatic carboxylic acids is 1. The summed E-state index contributed by atoms with van der Waals surface area (Å²) in [5.74, 6) is -0.860. The first-order valence-electron chi connectivity index (χ1n) is 11.0. The molecule has 0 atom stereocenters. The van der Waals surface area contributed by atoms with Crippen LogP contribution in [-0.4, -0.2) is 62.7 Å². The van der Waals surface area contributed by atoms with E-state index in [0.717, 1.165) is 49.3 Å². The SMILES string of the molecule is Cc1nn(Cc2ccc(Cl)cc2F)c2c1CCN(C(=O)CN1CCC(CC(=O)O)CC1)C2. The highest BCUT2D eigenvalue weighted by molar-refractivity contribution is 6.30. The van der Waals surface area contributed by atoms with E-state index in [2.05, 4.69) is 10.00 Å². The second-order valence-corrected chi connectivity index (χ2v) is 9.22. The average Bonchev–Trinajstić information content (AvgIpc) is 3.06. The van der Waals surface area contributed by atoms with Gasteiger partial charge in [0, 0.05) is 23.6 Å². The second-order valence-electron chi connectivity index (χ2n) is 8.79. The van der Waals surface area contributed by atoms with E-state index in [0.29, 0.717) is 30.2 Å². The summed E-state index contributed by atoms with van der Waals surface area (Å²) >= 11 is 5.87. The van der Waals surface area contributed by atoms with E-state index in [4.69, 9.17) is 16.7 Å². The van der Waals surface area contributed by atoms with Gasteiger partial charge in [-0.15, -0.1) is 0 Å². The molecule has 3 heterocycles. The fourth-order valence-electron chi connectivity index (χ4n) is 4.72. The lowest BCUT2D eigenvalue weighted by Gasteiger charge is -2.34. The van der Waals surface area contributed by atoms with Crippen molar-refractivity contribution in [1.82, 2.24) is 19.6 Å². The van der Waals surface area contributed by atoms with Crippen molar-refractivity contribution in [1.29, 1.82) is 0 Å². The van der Waals surface area contributed by atoms with Gasteiger partial charge in [-0.25, -0.2) is 4.39 Å². The molecule has 9 heteroatoms. The van der Waals surface area contributed by atoms with E-state index in [-0.39, 0.29) is 30.6 Å². The van der Waals surface area contributed by atoms with Crippen LogP contribution in [0.2, 0.25) is 5.02 Å². The Bertz CT molecular complexity index is 1020. The monoisotopic (exact) mass is 462 g/mol. The normalized spacial score (nSPS) is 17.4. The zero-order valence-electron chi connectivity index (χ0n) is 18.2. The Morgan fingerprint density at radius 3 is 2.69 bits per heavy atom. The van der Waals surface area contributed by atoms with Gasteiger partial charge in [-0.3, -0.25) is 19.2 Å². The molecule has 0 spiro atoms. The topological polar surface area (TPSA) is 78.7 Å². The average molecular weight is 463 g/mol. The van der Waals surface area contributed by atoms with Gasteiger partial charge in [0.15, 0.2) is 0 Å². The molecule has 1 amide bonds. The van der Waals surface area contributed by atoms with Crippen LogP contribution in [0.3, 0.4) is 0 Å². The number of fused-ring (bicyclic) bond motifs is 1. The first-order chi connectivity index (χ1) is 15.3. The summed E-state index contributed by atoms with van der Waals surface area (Å²) in [6.45, 7) is 5.17. The van der Waals surface area contributed by atoms with Gasteiger partial charge in [-0.1, -0.05) is 17.7 Å². The minimum Gasteiger partial charge on any atom is -0.481 e. The number of benzene rings is 1. The van der Waals surface area contributed by atoms with Crippen molar-refractivity contribution in [3.8, 4) is 0 Å². The smallest absolute Gasteiger partial charge is 0.303 e. The van der Waals surface area contributed by atoms with Gasteiger partial charge in [0.2, 0.25) is 5.91 Å². The molecular formula is C23H28ClFN4O3. The standard InChI is InChI=1S/C23H28ClFN4O3/c1-15-19-6-9-28(22(30)14-27-7-4-16(5-8-27)10-23(31)32)13-21(19)29(26-15)12-17-2-3-18(24)11-20(17)25/h2-3,11,16H,4-10,12-14H2,1H3,(H,31,32). The largest absolute Gasteiger partial charge is 0.481 e. The molecule has 172 valence electrons. The highest BCUT2D eigenvalue weighted by Gasteiger charge is 2.29. The zero-order chi connectivity index (χ0) is 22.8. The lowest BCUT2D eigenvalue weighted by atomic mass is 9.93. The van der Waals surface area contributed by atoms with Crippen molar-refractivity contribution in [2.45, 2.75) is 45.7 Å². The van der Waals surface area contributed by atoms with E-state index in [1.807, 2.05) is 11.8 Å². The van der Waals surface area contributed by atoms with Crippen LogP contribution in [0.5, 0.6) is 0 Å². The number of carboxylic acids is 1. The molecule has 0 radical (unpaired) electrons. The van der Waals surface area contributed by atoms with Gasteiger partial charge in [0.1, 0.15) is 5.82 Å². The van der Waals surface area contributed by atoms with Crippen LogP contribution in [0.4, 0.5) is 4.39 Å². The number of rotatable bonds is 6. The summed E-state index contributed by atoms with van der Waals surface area (Å²) in [4.78, 5) is 27.9. The number of nitrogens with zero attached hydrogens (tertiary/aromatic N) is 4. The third-order valence-electron chi connectivity index (χ3n) is 6.56. The van der Waals surface area contributed by atoms with Crippen molar-refractivity contribution < 1.29 is 19.1 Å². The lowest BCUT2D eigenvalue weighted by Crippen LogP contribution is -2.45. The minimum atomic E-state index is -0.756. The van der Waals surface area contributed by atoms with E-state index in [1.165, 1.54) is 6.07 Å². The van der Waals surface area contributed by atoms with Gasteiger partial charge in [-0.2, -0.15) is 5.10 Å². The van der Waals surface area contributed by atoms with Crippen LogP contribution in [0.25, 0.3) is 0 Å². The lowest BCUT2D eigenvalue weighted by molar-refractivity contribution is -0.139. The maximum absolute atomic E-state index is 14.3. The minimum absolute atomic E-state index is 0.0652. The summed E-state index contributed by atoms with van der Waals surface area (Å²) in [6, 6.07) is 4.63. The van der Waals surface area contributed by atoms with E-state index < -0.39 is 5.97 Å². The Hall–Kier alpha value is -2.45. The van der Waals surface area contributed by atoms with Crippen molar-refractivity contribution in [2.24, 2.45) is 5.92 Å². The molecule has 0 unspecified atom stereocenters. The molecule has 1 fully saturated rings. The molecule has 4 rings (SSSR count). The number of piperidine rings is 1. The number of carbonyl (C=O) groups excluding carboxylic acids is 1. The number of carbonyl (C=O) groups is 2. The Morgan fingerprint density at radius 2 is 2.00 bits per heavy atom. The van der Waals surface area contributed by atoms with Crippen molar-refractivity contribution in [3.05, 3.63) is 51.6 Å². The van der Waals surface area contributed by atoms with Gasteiger partial charge in [0.05, 0.1) is 31.0 Å². The number of carboxylic acid groups (broad SMARTS) is 1. The molecule has 0 bridgehead atoms. The third kappa shape index (κ3) is 5.13. The fourth-order valence-corrected chi connectivity index (χ4v) is 4.88. The van der Waals surface area contributed by atoms with Crippen LogP contribution in [-0.2, 0) is 29.1 Å². The highest BCUT2D eigenvalue weighted by atomic mass is 35.5. The van der Waals surface area contributed by atoms with Gasteiger partial charge < -0.3 is 10.0 Å². The fraction of sp³-hybridized carbons (Fsp3) is 0.522. The van der Waals surface area contributed by atoms with Crippen LogP contribution in [0.1, 0.15) is 41.8 Å². The molecule has 1 saturated heterocycles. The van der Waals surface area contributed by atoms with Crippen LogP contribution >= 0.6 is 11.6 Å². The summed E-state index contributed by atoms with van der Waals surface area (Å²) in [5.41, 5.74) is 3.52. The van der Waals surface area contributed by atoms with E-state index >= 15 is 0 Å². The molecule has 2 aromatic rings. The predicted molar refractivity (Wildman–Crippen MR) is 118 cm³/mol. The Kier molecular flexibility index (Phi) is 6.81. The van der Waals surface area contributed by atoms with Crippen molar-refractivity contribution >= 4 is 23.5 Å². The number of amides is 1. The number of hydrogen-bond donors (Lipinski definition) is 1. The van der Waals surface area contributed by atoms with Crippen LogP contribution in [0, 0.1) is 18.7 Å². The molecule has 1 N–H and O–H groups in total. The van der Waals surface area contributed by atoms with Gasteiger partial charge in [-0.05, 0) is 62.9 Å². The van der Waals surface area contributed by atoms with Crippen molar-refractivity contribution in [3.63, 3.8) is 0 Å². The number of aromatic nitrogens is 2. The van der Waals surface area contributed by atoms with E-state index in [9.17, 15) is 14.0 Å². The van der Waals surface area contributed by atoms with Crippen molar-refractivity contribution in [2.75, 3.05) is 26.2 Å². The summed E-state index contributed by atoms with van der Waals surface area (Å²) < 4.78 is 16.1. The molecule has 1 aromatic carbocycles. The number of hydrogen-bond acceptors (Lipinski definition) is 4. The Morgan fingerprint density at radius 1 is 1.25 bits per heavy atom. The highest BCUT2D eigenvalue weighted by Crippen LogP contribution is 2.25. The van der Waals surface area contributed by atoms with Gasteiger partial charge in [0.25, 0.3) is 0 Å². The quantitative estimate of drug-likeness (QED) is 0.713. The first-order valence-corrected chi connectivity index (χ1v) is 11.4. The van der Waals surface area contributed by atoms with Crippen LogP contribution in [0.15, 0.2) is 18.2 Å². The maximum atomic E-state index is 14.3. The van der Waals surface area contributed by atoms with Gasteiger partial charge >= 0.3 is 5.97 Å². The summed E-state index contributed by atoms with van der Waals surface area (Å²) in [6.07, 6.45) is 2.55. The second kappa shape index (κ2) is 9.58. The summed E-state index contributed by atoms with van der Waals surface area (Å²) in [5, 5.41) is 13.9. The number of likely N-dealkylation sites (tertiary alicyclic amines) is 1. The van der Waals surface area contributed by atoms with Crippen LogP contribution < -0.4 is 0 Å². The molecule has 2 aliphatic heterocycles. The number of aryl methyl sites for hydroxylation is 1. The molecule has 0 aliphatic carbocycles. The zero-order valence-corrected chi connectivity index (χ0v) is 18.9. The Balaban J connectivity index is 1.40. The first kappa shape index (κ1) is 22.7. The molecule has 1 aromatic heterocycles. The Labute approximate surface area is 191 Å². The number of halogens is 2. The summed E-state index contributed by atoms with van der Waals surface area (Å²) in [7, 11) is 0. The third-order valence-corrected chi connectivity index (χ3v) is 6.79. The molecule has 2 aliphatic rings. The van der Waals surface area contributed by atoms with E-state index in [1.54, 1.807) is 16.8 Å². The maximum Gasteiger partial charge on any atom is 0.303 e.